The van der Waals surface area contributed by atoms with Crippen LogP contribution in [0.5, 0.6) is 0 Å². The van der Waals surface area contributed by atoms with Gasteiger partial charge in [-0.2, -0.15) is 0 Å². The van der Waals surface area contributed by atoms with Crippen LogP contribution in [-0.2, 0) is 14.2 Å². The van der Waals surface area contributed by atoms with Gasteiger partial charge in [0, 0.05) is 24.9 Å². The minimum Gasteiger partial charge on any atom is -0.444 e. The van der Waals surface area contributed by atoms with Crippen LogP contribution >= 0.6 is 0 Å². The minimum absolute atomic E-state index is 0.189. The van der Waals surface area contributed by atoms with Crippen molar-refractivity contribution in [3.05, 3.63) is 0 Å². The van der Waals surface area contributed by atoms with E-state index in [-0.39, 0.29) is 18.3 Å². The van der Waals surface area contributed by atoms with Crippen molar-refractivity contribution in [2.24, 2.45) is 11.8 Å². The molecule has 0 aliphatic carbocycles. The number of carbonyl (C=O) groups is 1. The Labute approximate surface area is 106 Å². The Morgan fingerprint density at radius 2 is 1.56 bits per heavy atom. The smallest absolute Gasteiger partial charge is 0.410 e. The van der Waals surface area contributed by atoms with Crippen LogP contribution in [0.25, 0.3) is 0 Å². The number of fused-ring (bicyclic) bond motifs is 8. The van der Waals surface area contributed by atoms with E-state index in [0.717, 1.165) is 13.1 Å². The summed E-state index contributed by atoms with van der Waals surface area (Å²) in [6.07, 6.45) is 0.880. The number of hydrogen-bond donors (Lipinski definition) is 0. The molecule has 1 amide bonds. The summed E-state index contributed by atoms with van der Waals surface area (Å²) in [5.74, 6) is 0.900. The second-order valence-corrected chi connectivity index (χ2v) is 6.84. The van der Waals surface area contributed by atoms with Crippen LogP contribution < -0.4 is 0 Å². The molecule has 5 heteroatoms. The lowest BCUT2D eigenvalue weighted by molar-refractivity contribution is -0.00958. The Balaban J connectivity index is 1.45. The van der Waals surface area contributed by atoms with Crippen molar-refractivity contribution in [1.29, 1.82) is 0 Å². The van der Waals surface area contributed by atoms with Crippen LogP contribution in [0.2, 0.25) is 0 Å². The van der Waals surface area contributed by atoms with Crippen molar-refractivity contribution >= 4 is 6.09 Å². The molecule has 0 aromatic rings. The van der Waals surface area contributed by atoms with Crippen molar-refractivity contribution in [3.63, 3.8) is 0 Å². The summed E-state index contributed by atoms with van der Waals surface area (Å²) in [5, 5.41) is 0. The molecule has 6 atom stereocenters. The summed E-state index contributed by atoms with van der Waals surface area (Å²) >= 11 is 0. The van der Waals surface area contributed by atoms with E-state index in [2.05, 4.69) is 0 Å². The molecule has 2 bridgehead atoms. The Morgan fingerprint density at radius 3 is 2.06 bits per heavy atom. The quantitative estimate of drug-likeness (QED) is 0.605. The van der Waals surface area contributed by atoms with Gasteiger partial charge in [-0.3, -0.25) is 0 Å². The highest BCUT2D eigenvalue weighted by molar-refractivity contribution is 5.68. The van der Waals surface area contributed by atoms with E-state index in [1.54, 1.807) is 0 Å². The van der Waals surface area contributed by atoms with Gasteiger partial charge in [0.2, 0.25) is 0 Å². The Hall–Kier alpha value is -0.810. The molecule has 4 fully saturated rings. The number of hydrogen-bond acceptors (Lipinski definition) is 4. The van der Waals surface area contributed by atoms with Crippen molar-refractivity contribution in [2.75, 3.05) is 13.1 Å². The lowest BCUT2D eigenvalue weighted by atomic mass is 9.82. The van der Waals surface area contributed by atoms with Gasteiger partial charge < -0.3 is 19.1 Å². The van der Waals surface area contributed by atoms with E-state index in [1.165, 1.54) is 0 Å². The van der Waals surface area contributed by atoms with Gasteiger partial charge in [0.25, 0.3) is 0 Å². The van der Waals surface area contributed by atoms with Crippen LogP contribution in [0.3, 0.4) is 0 Å². The van der Waals surface area contributed by atoms with Gasteiger partial charge in [0.15, 0.2) is 0 Å². The Kier molecular flexibility index (Phi) is 1.96. The van der Waals surface area contributed by atoms with Gasteiger partial charge in [-0.15, -0.1) is 0 Å². The molecule has 4 rings (SSSR count). The molecule has 0 unspecified atom stereocenters. The maximum Gasteiger partial charge on any atom is 0.410 e. The normalized spacial score (nSPS) is 48.1. The SMILES string of the molecule is CC(C)(C)OC(=O)N1C[C@@H]2[C@H](C1)[C@H]1O[C@H]2[C@H]2O[C@@H]21. The van der Waals surface area contributed by atoms with Crippen LogP contribution in [0.4, 0.5) is 4.79 Å². The molecular formula is C13H19NO4. The highest BCUT2D eigenvalue weighted by Crippen LogP contribution is 2.56. The number of carbonyl (C=O) groups excluding carboxylic acids is 1. The van der Waals surface area contributed by atoms with Gasteiger partial charge in [-0.05, 0) is 20.8 Å². The average Bonchev–Trinajstić information content (AvgIpc) is 2.68. The lowest BCUT2D eigenvalue weighted by Gasteiger charge is -2.25. The molecular weight excluding hydrogens is 234 g/mol. The molecule has 0 spiro atoms. The predicted molar refractivity (Wildman–Crippen MR) is 62.1 cm³/mol. The van der Waals surface area contributed by atoms with Gasteiger partial charge in [-0.25, -0.2) is 4.79 Å². The molecule has 0 aromatic heterocycles. The molecule has 4 saturated heterocycles. The summed E-state index contributed by atoms with van der Waals surface area (Å²) in [4.78, 5) is 13.9. The number of rotatable bonds is 0. The van der Waals surface area contributed by atoms with Crippen LogP contribution in [-0.4, -0.2) is 54.1 Å². The lowest BCUT2D eigenvalue weighted by Crippen LogP contribution is -2.37. The summed E-state index contributed by atoms with van der Waals surface area (Å²) in [6, 6.07) is 0. The number of nitrogens with zero attached hydrogens (tertiary/aromatic N) is 1. The maximum atomic E-state index is 12.1. The first-order valence-corrected chi connectivity index (χ1v) is 6.73. The van der Waals surface area contributed by atoms with Gasteiger partial charge in [0.05, 0.1) is 12.2 Å². The maximum absolute atomic E-state index is 12.1. The predicted octanol–water partition coefficient (Wildman–Crippen LogP) is 1.02. The van der Waals surface area contributed by atoms with Crippen LogP contribution in [0, 0.1) is 11.8 Å². The monoisotopic (exact) mass is 253 g/mol. The van der Waals surface area contributed by atoms with Crippen LogP contribution in [0.15, 0.2) is 0 Å². The van der Waals surface area contributed by atoms with Gasteiger partial charge in [-0.1, -0.05) is 0 Å². The van der Waals surface area contributed by atoms with E-state index >= 15 is 0 Å². The van der Waals surface area contributed by atoms with Crippen LogP contribution in [0.1, 0.15) is 20.8 Å². The zero-order valence-corrected chi connectivity index (χ0v) is 11.0. The molecule has 0 radical (unpaired) electrons. The summed E-state index contributed by atoms with van der Waals surface area (Å²) < 4.78 is 17.0. The summed E-state index contributed by atoms with van der Waals surface area (Å²) in [5.41, 5.74) is -0.421. The fraction of sp³-hybridized carbons (Fsp3) is 0.923. The summed E-state index contributed by atoms with van der Waals surface area (Å²) in [6.45, 7) is 7.22. The third-order valence-electron chi connectivity index (χ3n) is 4.43. The molecule has 0 aromatic carbocycles. The molecule has 4 heterocycles. The number of ether oxygens (including phenoxy) is 3. The number of amides is 1. The Morgan fingerprint density at radius 1 is 1.06 bits per heavy atom. The van der Waals surface area contributed by atoms with E-state index in [9.17, 15) is 4.79 Å². The number of epoxide rings is 1. The van der Waals surface area contributed by atoms with Gasteiger partial charge >= 0.3 is 6.09 Å². The van der Waals surface area contributed by atoms with Crippen molar-refractivity contribution in [3.8, 4) is 0 Å². The van der Waals surface area contributed by atoms with Crippen molar-refractivity contribution in [2.45, 2.75) is 50.8 Å². The van der Waals surface area contributed by atoms with Crippen molar-refractivity contribution in [1.82, 2.24) is 4.90 Å². The second kappa shape index (κ2) is 3.20. The molecule has 4 aliphatic rings. The molecule has 0 N–H and O–H groups in total. The first kappa shape index (κ1) is 11.1. The summed E-state index contributed by atoms with van der Waals surface area (Å²) in [7, 11) is 0. The topological polar surface area (TPSA) is 51.3 Å². The zero-order chi connectivity index (χ0) is 12.7. The van der Waals surface area contributed by atoms with Crippen molar-refractivity contribution < 1.29 is 19.0 Å². The molecule has 100 valence electrons. The molecule has 18 heavy (non-hydrogen) atoms. The fourth-order valence-electron chi connectivity index (χ4n) is 3.72. The molecule has 4 aliphatic heterocycles. The van der Waals surface area contributed by atoms with E-state index in [1.807, 2.05) is 25.7 Å². The highest BCUT2D eigenvalue weighted by atomic mass is 16.7. The first-order valence-electron chi connectivity index (χ1n) is 6.73. The fourth-order valence-corrected chi connectivity index (χ4v) is 3.72. The van der Waals surface area contributed by atoms with E-state index in [0.29, 0.717) is 24.0 Å². The second-order valence-electron chi connectivity index (χ2n) is 6.84. The molecule has 0 saturated carbocycles. The number of likely N-dealkylation sites (tertiary alicyclic amines) is 1. The third-order valence-corrected chi connectivity index (χ3v) is 4.43. The third kappa shape index (κ3) is 1.43. The first-order chi connectivity index (χ1) is 8.44. The van der Waals surface area contributed by atoms with Gasteiger partial charge in [0.1, 0.15) is 17.8 Å². The Bertz CT molecular complexity index is 382. The minimum atomic E-state index is -0.421. The average molecular weight is 253 g/mol. The zero-order valence-electron chi connectivity index (χ0n) is 11.0. The standard InChI is InChI=1S/C13H19NO4/c1-13(2,3)18-12(15)14-4-6-7(5-14)9-11-10(17-11)8(6)16-9/h6-11H,4-5H2,1-3H3/t6-,7+,8-,9-,10-,11-/m1/s1. The highest BCUT2D eigenvalue weighted by Gasteiger charge is 2.70. The van der Waals surface area contributed by atoms with E-state index < -0.39 is 5.60 Å². The largest absolute Gasteiger partial charge is 0.444 e. The van der Waals surface area contributed by atoms with E-state index in [4.69, 9.17) is 14.2 Å². The molecule has 5 nitrogen and oxygen atoms in total.